The predicted octanol–water partition coefficient (Wildman–Crippen LogP) is 3.15. The molecule has 1 heterocycles. The topological polar surface area (TPSA) is 79.9 Å². The maximum Gasteiger partial charge on any atom is 0.412 e. The first-order chi connectivity index (χ1) is 10.4. The fourth-order valence-electron chi connectivity index (χ4n) is 1.81. The zero-order chi connectivity index (χ0) is 16.2. The molecular weight excluding hydrogens is 280 g/mol. The van der Waals surface area contributed by atoms with Gasteiger partial charge < -0.3 is 4.74 Å². The van der Waals surface area contributed by atoms with Crippen LogP contribution in [0.25, 0.3) is 0 Å². The third-order valence-electron chi connectivity index (χ3n) is 2.71. The van der Waals surface area contributed by atoms with Crippen LogP contribution in [0.1, 0.15) is 31.9 Å². The number of hydrogen-bond acceptors (Lipinski definition) is 4. The van der Waals surface area contributed by atoms with Crippen LogP contribution >= 0.6 is 0 Å². The number of benzene rings is 1. The van der Waals surface area contributed by atoms with Gasteiger partial charge in [0.05, 0.1) is 30.1 Å². The van der Waals surface area contributed by atoms with Gasteiger partial charge in [-0.1, -0.05) is 12.1 Å². The van der Waals surface area contributed by atoms with Crippen LogP contribution in [0.3, 0.4) is 0 Å². The van der Waals surface area contributed by atoms with E-state index >= 15 is 0 Å². The van der Waals surface area contributed by atoms with E-state index in [1.165, 1.54) is 0 Å². The molecule has 0 radical (unpaired) electrons. The maximum absolute atomic E-state index is 11.7. The van der Waals surface area contributed by atoms with Crippen molar-refractivity contribution in [3.8, 4) is 6.07 Å². The van der Waals surface area contributed by atoms with Gasteiger partial charge in [0.2, 0.25) is 0 Å². The van der Waals surface area contributed by atoms with Crippen molar-refractivity contribution in [2.24, 2.45) is 0 Å². The van der Waals surface area contributed by atoms with E-state index in [0.29, 0.717) is 17.8 Å². The summed E-state index contributed by atoms with van der Waals surface area (Å²) in [5.74, 6) is 0. The van der Waals surface area contributed by atoms with Crippen molar-refractivity contribution < 1.29 is 9.53 Å². The Morgan fingerprint density at radius 3 is 2.64 bits per heavy atom. The number of carbonyl (C=O) groups is 1. The van der Waals surface area contributed by atoms with E-state index in [-0.39, 0.29) is 0 Å². The van der Waals surface area contributed by atoms with Crippen molar-refractivity contribution in [1.82, 2.24) is 9.78 Å². The molecule has 2 aromatic rings. The third-order valence-corrected chi connectivity index (χ3v) is 2.71. The summed E-state index contributed by atoms with van der Waals surface area (Å²) in [7, 11) is 0. The van der Waals surface area contributed by atoms with Gasteiger partial charge in [-0.2, -0.15) is 10.4 Å². The highest BCUT2D eigenvalue weighted by molar-refractivity contribution is 5.84. The van der Waals surface area contributed by atoms with Crippen LogP contribution < -0.4 is 5.32 Å². The van der Waals surface area contributed by atoms with Crippen molar-refractivity contribution in [3.63, 3.8) is 0 Å². The van der Waals surface area contributed by atoms with E-state index in [1.807, 2.05) is 12.1 Å². The Morgan fingerprint density at radius 1 is 1.36 bits per heavy atom. The molecule has 0 aliphatic rings. The summed E-state index contributed by atoms with van der Waals surface area (Å²) in [4.78, 5) is 11.7. The summed E-state index contributed by atoms with van der Waals surface area (Å²) in [5.41, 5.74) is 1.67. The zero-order valence-corrected chi connectivity index (χ0v) is 12.8. The Bertz CT molecular complexity index is 690. The van der Waals surface area contributed by atoms with Gasteiger partial charge >= 0.3 is 6.09 Å². The number of nitrogens with one attached hydrogen (secondary N) is 1. The zero-order valence-electron chi connectivity index (χ0n) is 12.8. The normalized spacial score (nSPS) is 10.8. The van der Waals surface area contributed by atoms with Crippen LogP contribution in [0.5, 0.6) is 0 Å². The van der Waals surface area contributed by atoms with Gasteiger partial charge in [0.1, 0.15) is 5.60 Å². The first-order valence-corrected chi connectivity index (χ1v) is 6.87. The van der Waals surface area contributed by atoms with Gasteiger partial charge in [0.25, 0.3) is 0 Å². The maximum atomic E-state index is 11.7. The van der Waals surface area contributed by atoms with Crippen LogP contribution in [-0.2, 0) is 11.3 Å². The summed E-state index contributed by atoms with van der Waals surface area (Å²) < 4.78 is 6.88. The molecule has 114 valence electrons. The number of ether oxygens (including phenoxy) is 1. The van der Waals surface area contributed by atoms with E-state index in [0.717, 1.165) is 5.56 Å². The van der Waals surface area contributed by atoms with Gasteiger partial charge in [0.15, 0.2) is 0 Å². The van der Waals surface area contributed by atoms with Crippen LogP contribution in [0.4, 0.5) is 10.5 Å². The third kappa shape index (κ3) is 4.63. The monoisotopic (exact) mass is 298 g/mol. The minimum atomic E-state index is -0.539. The molecule has 6 heteroatoms. The SMILES string of the molecule is CC(C)(C)OC(=O)Nc1cnn(Cc2ccc(C#N)cc2)c1. The minimum absolute atomic E-state index is 0.509. The fourth-order valence-corrected chi connectivity index (χ4v) is 1.81. The van der Waals surface area contributed by atoms with Crippen molar-refractivity contribution >= 4 is 11.8 Å². The Labute approximate surface area is 129 Å². The highest BCUT2D eigenvalue weighted by atomic mass is 16.6. The molecule has 0 atom stereocenters. The first-order valence-electron chi connectivity index (χ1n) is 6.87. The van der Waals surface area contributed by atoms with E-state index in [4.69, 9.17) is 10.00 Å². The lowest BCUT2D eigenvalue weighted by Crippen LogP contribution is -2.27. The molecule has 0 unspecified atom stereocenters. The summed E-state index contributed by atoms with van der Waals surface area (Å²) in [6.45, 7) is 5.98. The number of hydrogen-bond donors (Lipinski definition) is 1. The second-order valence-electron chi connectivity index (χ2n) is 5.86. The molecule has 1 aromatic heterocycles. The highest BCUT2D eigenvalue weighted by Gasteiger charge is 2.16. The van der Waals surface area contributed by atoms with E-state index in [1.54, 1.807) is 50.0 Å². The quantitative estimate of drug-likeness (QED) is 0.944. The van der Waals surface area contributed by atoms with Crippen LogP contribution in [0.2, 0.25) is 0 Å². The van der Waals surface area contributed by atoms with Gasteiger partial charge in [0, 0.05) is 6.20 Å². The molecule has 0 bridgehead atoms. The summed E-state index contributed by atoms with van der Waals surface area (Å²) in [6, 6.07) is 9.36. The molecular formula is C16H18N4O2. The Kier molecular flexibility index (Phi) is 4.47. The lowest BCUT2D eigenvalue weighted by Gasteiger charge is -2.19. The molecule has 1 aromatic carbocycles. The van der Waals surface area contributed by atoms with Crippen LogP contribution in [0.15, 0.2) is 36.7 Å². The highest BCUT2D eigenvalue weighted by Crippen LogP contribution is 2.12. The molecule has 22 heavy (non-hydrogen) atoms. The lowest BCUT2D eigenvalue weighted by atomic mass is 10.1. The number of nitrogens with zero attached hydrogens (tertiary/aromatic N) is 3. The molecule has 0 fully saturated rings. The minimum Gasteiger partial charge on any atom is -0.444 e. The molecule has 0 aliphatic carbocycles. The van der Waals surface area contributed by atoms with Crippen molar-refractivity contribution in [1.29, 1.82) is 5.26 Å². The van der Waals surface area contributed by atoms with Gasteiger partial charge in [-0.3, -0.25) is 10.00 Å². The second kappa shape index (κ2) is 6.31. The lowest BCUT2D eigenvalue weighted by molar-refractivity contribution is 0.0636. The van der Waals surface area contributed by atoms with Crippen LogP contribution in [0, 0.1) is 11.3 Å². The number of amides is 1. The summed E-state index contributed by atoms with van der Waals surface area (Å²) in [5, 5.41) is 15.6. The largest absolute Gasteiger partial charge is 0.444 e. The molecule has 1 N–H and O–H groups in total. The average Bonchev–Trinajstić information content (AvgIpc) is 2.84. The second-order valence-corrected chi connectivity index (χ2v) is 5.86. The van der Waals surface area contributed by atoms with Gasteiger partial charge in [-0.25, -0.2) is 4.79 Å². The van der Waals surface area contributed by atoms with Gasteiger partial charge in [-0.05, 0) is 38.5 Å². The smallest absolute Gasteiger partial charge is 0.412 e. The number of aromatic nitrogens is 2. The molecule has 0 spiro atoms. The van der Waals surface area contributed by atoms with Crippen molar-refractivity contribution in [3.05, 3.63) is 47.8 Å². The fraction of sp³-hybridized carbons (Fsp3) is 0.312. The van der Waals surface area contributed by atoms with E-state index < -0.39 is 11.7 Å². The predicted molar refractivity (Wildman–Crippen MR) is 82.3 cm³/mol. The number of rotatable bonds is 3. The average molecular weight is 298 g/mol. The van der Waals surface area contributed by atoms with E-state index in [2.05, 4.69) is 16.5 Å². The Morgan fingerprint density at radius 2 is 2.05 bits per heavy atom. The summed E-state index contributed by atoms with van der Waals surface area (Å²) >= 11 is 0. The standard InChI is InChI=1S/C16H18N4O2/c1-16(2,3)22-15(21)19-14-9-18-20(11-14)10-13-6-4-12(8-17)5-7-13/h4-7,9,11H,10H2,1-3H3,(H,19,21). The van der Waals surface area contributed by atoms with Crippen molar-refractivity contribution in [2.45, 2.75) is 32.9 Å². The van der Waals surface area contributed by atoms with Crippen molar-refractivity contribution in [2.75, 3.05) is 5.32 Å². The molecule has 0 aliphatic heterocycles. The number of anilines is 1. The summed E-state index contributed by atoms with van der Waals surface area (Å²) in [6.07, 6.45) is 2.78. The molecule has 0 saturated heterocycles. The first kappa shape index (κ1) is 15.6. The molecule has 1 amide bonds. The number of nitriles is 1. The molecule has 6 nitrogen and oxygen atoms in total. The van der Waals surface area contributed by atoms with E-state index in [9.17, 15) is 4.79 Å². The number of carbonyl (C=O) groups excluding carboxylic acids is 1. The van der Waals surface area contributed by atoms with Gasteiger partial charge in [-0.15, -0.1) is 0 Å². The van der Waals surface area contributed by atoms with Crippen LogP contribution in [-0.4, -0.2) is 21.5 Å². The Hall–Kier alpha value is -2.81. The molecule has 2 rings (SSSR count). The molecule has 0 saturated carbocycles. The Balaban J connectivity index is 1.96.